The maximum Gasteiger partial charge on any atom is 0.240 e. The lowest BCUT2D eigenvalue weighted by Gasteiger charge is -2.26. The number of nitrogens with two attached hydrogens (primary N) is 1. The summed E-state index contributed by atoms with van der Waals surface area (Å²) in [5.74, 6) is 0.679. The maximum absolute atomic E-state index is 6.00. The number of nitrogens with zero attached hydrogens (tertiary/aromatic N) is 3. The van der Waals surface area contributed by atoms with Crippen LogP contribution in [0.5, 0.6) is 5.88 Å². The Bertz CT molecular complexity index is 543. The molecule has 0 aromatic carbocycles. The standard InChI is InChI=1S/C13H18N4O/c1-9-8-12-13(15-6-7-17(12)16-9)18-11-4-2-10(14)3-5-11/h6-8,10-11H,2-5,14H2,1H3. The van der Waals surface area contributed by atoms with E-state index in [4.69, 9.17) is 10.5 Å². The highest BCUT2D eigenvalue weighted by atomic mass is 16.5. The zero-order valence-electron chi connectivity index (χ0n) is 10.5. The summed E-state index contributed by atoms with van der Waals surface area (Å²) in [6, 6.07) is 2.34. The van der Waals surface area contributed by atoms with Gasteiger partial charge in [-0.15, -0.1) is 0 Å². The van der Waals surface area contributed by atoms with Gasteiger partial charge in [-0.3, -0.25) is 0 Å². The first kappa shape index (κ1) is 11.5. The first-order valence-electron chi connectivity index (χ1n) is 6.45. The van der Waals surface area contributed by atoms with Crippen molar-refractivity contribution in [3.63, 3.8) is 0 Å². The zero-order valence-corrected chi connectivity index (χ0v) is 10.5. The lowest BCUT2D eigenvalue weighted by molar-refractivity contribution is 0.142. The van der Waals surface area contributed by atoms with Gasteiger partial charge in [-0.05, 0) is 38.7 Å². The molecule has 1 aliphatic rings. The Morgan fingerprint density at radius 2 is 2.11 bits per heavy atom. The normalized spacial score (nSPS) is 24.3. The summed E-state index contributed by atoms with van der Waals surface area (Å²) < 4.78 is 7.81. The molecule has 2 N–H and O–H groups in total. The van der Waals surface area contributed by atoms with Crippen LogP contribution in [0.1, 0.15) is 31.4 Å². The van der Waals surface area contributed by atoms with Crippen molar-refractivity contribution in [1.82, 2.24) is 14.6 Å². The SMILES string of the molecule is Cc1cc2c(OC3CCC(N)CC3)nccn2n1. The van der Waals surface area contributed by atoms with Gasteiger partial charge >= 0.3 is 0 Å². The molecule has 0 unspecified atom stereocenters. The van der Waals surface area contributed by atoms with Crippen molar-refractivity contribution in [1.29, 1.82) is 0 Å². The number of hydrogen-bond donors (Lipinski definition) is 1. The number of rotatable bonds is 2. The van der Waals surface area contributed by atoms with Crippen LogP contribution < -0.4 is 10.5 Å². The topological polar surface area (TPSA) is 65.4 Å². The minimum Gasteiger partial charge on any atom is -0.473 e. The van der Waals surface area contributed by atoms with Crippen LogP contribution in [-0.2, 0) is 0 Å². The smallest absolute Gasteiger partial charge is 0.240 e. The Balaban J connectivity index is 1.82. The van der Waals surface area contributed by atoms with E-state index in [1.807, 2.05) is 23.7 Å². The van der Waals surface area contributed by atoms with E-state index in [2.05, 4.69) is 10.1 Å². The summed E-state index contributed by atoms with van der Waals surface area (Å²) >= 11 is 0. The van der Waals surface area contributed by atoms with Crippen molar-refractivity contribution >= 4 is 5.52 Å². The highest BCUT2D eigenvalue weighted by Crippen LogP contribution is 2.24. The minimum absolute atomic E-state index is 0.235. The van der Waals surface area contributed by atoms with E-state index < -0.39 is 0 Å². The fourth-order valence-electron chi connectivity index (χ4n) is 2.48. The third-order valence-corrected chi connectivity index (χ3v) is 3.47. The van der Waals surface area contributed by atoms with E-state index in [-0.39, 0.29) is 6.10 Å². The molecule has 0 atom stereocenters. The summed E-state index contributed by atoms with van der Waals surface area (Å²) in [6.07, 6.45) is 7.89. The lowest BCUT2D eigenvalue weighted by atomic mass is 9.94. The summed E-state index contributed by atoms with van der Waals surface area (Å²) in [5.41, 5.74) is 7.80. The van der Waals surface area contributed by atoms with Gasteiger partial charge in [-0.25, -0.2) is 9.50 Å². The van der Waals surface area contributed by atoms with E-state index in [1.54, 1.807) is 6.20 Å². The van der Waals surface area contributed by atoms with Gasteiger partial charge in [0.15, 0.2) is 0 Å². The minimum atomic E-state index is 0.235. The molecule has 0 radical (unpaired) electrons. The second-order valence-corrected chi connectivity index (χ2v) is 5.00. The maximum atomic E-state index is 6.00. The number of ether oxygens (including phenoxy) is 1. The van der Waals surface area contributed by atoms with E-state index in [0.29, 0.717) is 11.9 Å². The quantitative estimate of drug-likeness (QED) is 0.875. The molecule has 1 saturated carbocycles. The Kier molecular flexibility index (Phi) is 2.91. The summed E-state index contributed by atoms with van der Waals surface area (Å²) in [7, 11) is 0. The second-order valence-electron chi connectivity index (χ2n) is 5.00. The van der Waals surface area contributed by atoms with Gasteiger partial charge in [-0.2, -0.15) is 5.10 Å². The monoisotopic (exact) mass is 246 g/mol. The zero-order chi connectivity index (χ0) is 12.5. The van der Waals surface area contributed by atoms with E-state index in [0.717, 1.165) is 36.9 Å². The number of fused-ring (bicyclic) bond motifs is 1. The van der Waals surface area contributed by atoms with Crippen LogP contribution >= 0.6 is 0 Å². The van der Waals surface area contributed by atoms with Gasteiger partial charge in [0, 0.05) is 18.4 Å². The van der Waals surface area contributed by atoms with Crippen LogP contribution in [0.2, 0.25) is 0 Å². The van der Waals surface area contributed by atoms with Crippen LogP contribution in [-0.4, -0.2) is 26.7 Å². The third-order valence-electron chi connectivity index (χ3n) is 3.47. The molecule has 5 heteroatoms. The van der Waals surface area contributed by atoms with Crippen molar-refractivity contribution in [3.8, 4) is 5.88 Å². The van der Waals surface area contributed by atoms with Gasteiger partial charge in [0.05, 0.1) is 5.69 Å². The predicted molar refractivity (Wildman–Crippen MR) is 68.6 cm³/mol. The third kappa shape index (κ3) is 2.18. The molecular weight excluding hydrogens is 228 g/mol. The number of aromatic nitrogens is 3. The predicted octanol–water partition coefficient (Wildman–Crippen LogP) is 1.69. The Morgan fingerprint density at radius 1 is 1.33 bits per heavy atom. The van der Waals surface area contributed by atoms with E-state index in [1.165, 1.54) is 0 Å². The molecule has 0 aliphatic heterocycles. The Morgan fingerprint density at radius 3 is 2.89 bits per heavy atom. The average Bonchev–Trinajstić information content (AvgIpc) is 2.73. The first-order valence-corrected chi connectivity index (χ1v) is 6.45. The van der Waals surface area contributed by atoms with Gasteiger partial charge in [-0.1, -0.05) is 0 Å². The van der Waals surface area contributed by atoms with Crippen molar-refractivity contribution in [2.45, 2.75) is 44.8 Å². The molecule has 1 aliphatic carbocycles. The van der Waals surface area contributed by atoms with Crippen LogP contribution in [0.15, 0.2) is 18.5 Å². The molecule has 2 aromatic heterocycles. The molecule has 0 saturated heterocycles. The highest BCUT2D eigenvalue weighted by Gasteiger charge is 2.21. The fourth-order valence-corrected chi connectivity index (χ4v) is 2.48. The molecule has 0 amide bonds. The van der Waals surface area contributed by atoms with Gasteiger partial charge in [0.1, 0.15) is 11.6 Å². The molecule has 2 aromatic rings. The number of aryl methyl sites for hydroxylation is 1. The van der Waals surface area contributed by atoms with Crippen LogP contribution in [0.4, 0.5) is 0 Å². The Hall–Kier alpha value is -1.62. The molecule has 3 rings (SSSR count). The van der Waals surface area contributed by atoms with Gasteiger partial charge in [0.25, 0.3) is 0 Å². The first-order chi connectivity index (χ1) is 8.72. The van der Waals surface area contributed by atoms with Gasteiger partial charge < -0.3 is 10.5 Å². The van der Waals surface area contributed by atoms with E-state index >= 15 is 0 Å². The van der Waals surface area contributed by atoms with Crippen molar-refractivity contribution in [2.75, 3.05) is 0 Å². The van der Waals surface area contributed by atoms with E-state index in [9.17, 15) is 0 Å². The lowest BCUT2D eigenvalue weighted by Crippen LogP contribution is -2.31. The fraction of sp³-hybridized carbons (Fsp3) is 0.538. The number of hydrogen-bond acceptors (Lipinski definition) is 4. The molecule has 1 fully saturated rings. The molecule has 0 bridgehead atoms. The summed E-state index contributed by atoms with van der Waals surface area (Å²) in [4.78, 5) is 4.32. The average molecular weight is 246 g/mol. The molecular formula is C13H18N4O. The largest absolute Gasteiger partial charge is 0.473 e. The van der Waals surface area contributed by atoms with Crippen LogP contribution in [0.25, 0.3) is 5.52 Å². The van der Waals surface area contributed by atoms with Crippen LogP contribution in [0.3, 0.4) is 0 Å². The van der Waals surface area contributed by atoms with Gasteiger partial charge in [0.2, 0.25) is 5.88 Å². The highest BCUT2D eigenvalue weighted by molar-refractivity contribution is 5.56. The summed E-state index contributed by atoms with van der Waals surface area (Å²) in [5, 5.41) is 4.36. The van der Waals surface area contributed by atoms with Crippen molar-refractivity contribution in [2.24, 2.45) is 5.73 Å². The Labute approximate surface area is 106 Å². The molecule has 5 nitrogen and oxygen atoms in total. The molecule has 18 heavy (non-hydrogen) atoms. The second kappa shape index (κ2) is 4.57. The van der Waals surface area contributed by atoms with Crippen LogP contribution in [0, 0.1) is 6.92 Å². The van der Waals surface area contributed by atoms with Crippen molar-refractivity contribution in [3.05, 3.63) is 24.2 Å². The molecule has 0 spiro atoms. The summed E-state index contributed by atoms with van der Waals surface area (Å²) in [6.45, 7) is 1.97. The van der Waals surface area contributed by atoms with Crippen molar-refractivity contribution < 1.29 is 4.74 Å². The molecule has 96 valence electrons. The molecule has 2 heterocycles.